The first kappa shape index (κ1) is 21.2. The van der Waals surface area contributed by atoms with Crippen molar-refractivity contribution in [3.05, 3.63) is 41.6 Å². The van der Waals surface area contributed by atoms with Crippen molar-refractivity contribution < 1.29 is 18.3 Å². The topological polar surface area (TPSA) is 110 Å². The van der Waals surface area contributed by atoms with Crippen LogP contribution in [0.4, 0.5) is 0 Å². The Morgan fingerprint density at radius 1 is 1.16 bits per heavy atom. The second kappa shape index (κ2) is 8.37. The van der Waals surface area contributed by atoms with Gasteiger partial charge in [0.2, 0.25) is 5.88 Å². The van der Waals surface area contributed by atoms with Crippen molar-refractivity contribution >= 4 is 9.84 Å². The molecule has 0 atom stereocenters. The maximum absolute atomic E-state index is 11.8. The summed E-state index contributed by atoms with van der Waals surface area (Å²) in [5, 5.41) is 23.2. The Morgan fingerprint density at radius 3 is 2.53 bits per heavy atom. The molecule has 0 amide bonds. The average molecular weight is 457 g/mol. The highest BCUT2D eigenvalue weighted by Gasteiger charge is 2.28. The predicted molar refractivity (Wildman–Crippen MR) is 120 cm³/mol. The molecule has 1 saturated heterocycles. The first-order valence-corrected chi connectivity index (χ1v) is 13.0. The first-order chi connectivity index (χ1) is 15.4. The van der Waals surface area contributed by atoms with Crippen LogP contribution in [0.2, 0.25) is 0 Å². The molecular formula is C23H28N4O4S. The van der Waals surface area contributed by atoms with Gasteiger partial charge in [0.1, 0.15) is 0 Å². The Balaban J connectivity index is 1.50. The monoisotopic (exact) mass is 456 g/mol. The summed E-state index contributed by atoms with van der Waals surface area (Å²) >= 11 is 0. The Labute approximate surface area is 187 Å². The van der Waals surface area contributed by atoms with Crippen LogP contribution in [-0.4, -0.2) is 53.0 Å². The van der Waals surface area contributed by atoms with E-state index in [0.717, 1.165) is 62.1 Å². The number of aromatic amines is 1. The third kappa shape index (κ3) is 4.31. The summed E-state index contributed by atoms with van der Waals surface area (Å²) in [7, 11) is -3.28. The van der Waals surface area contributed by atoms with Crippen LogP contribution in [-0.2, 0) is 21.0 Å². The lowest BCUT2D eigenvalue weighted by Gasteiger charge is -2.21. The number of sulfone groups is 1. The molecule has 9 heteroatoms. The fourth-order valence-electron chi connectivity index (χ4n) is 4.34. The molecule has 1 aliphatic carbocycles. The molecule has 3 aromatic rings. The molecule has 2 N–H and O–H groups in total. The molecule has 32 heavy (non-hydrogen) atoms. The fourth-order valence-corrected chi connectivity index (χ4v) is 4.97. The summed E-state index contributed by atoms with van der Waals surface area (Å²) in [6.45, 7) is 1.57. The van der Waals surface area contributed by atoms with Gasteiger partial charge >= 0.3 is 0 Å². The largest absolute Gasteiger partial charge is 0.493 e. The van der Waals surface area contributed by atoms with Gasteiger partial charge in [0, 0.05) is 42.6 Å². The van der Waals surface area contributed by atoms with Crippen molar-refractivity contribution in [1.29, 1.82) is 0 Å². The summed E-state index contributed by atoms with van der Waals surface area (Å²) in [5.74, 6) is 1.79. The van der Waals surface area contributed by atoms with Crippen LogP contribution in [0.15, 0.2) is 35.2 Å². The van der Waals surface area contributed by atoms with E-state index in [1.807, 2.05) is 6.07 Å². The number of nitrogens with zero attached hydrogens (tertiary/aromatic N) is 3. The first-order valence-electron chi connectivity index (χ1n) is 11.1. The number of aromatic nitrogens is 4. The lowest BCUT2D eigenvalue weighted by Crippen LogP contribution is -2.16. The van der Waals surface area contributed by atoms with Crippen molar-refractivity contribution in [2.24, 2.45) is 5.92 Å². The van der Waals surface area contributed by atoms with Crippen molar-refractivity contribution in [3.8, 4) is 23.0 Å². The maximum atomic E-state index is 11.8. The van der Waals surface area contributed by atoms with Gasteiger partial charge in [-0.1, -0.05) is 12.1 Å². The van der Waals surface area contributed by atoms with Crippen molar-refractivity contribution in [1.82, 2.24) is 20.0 Å². The Bertz CT molecular complexity index is 1200. The SMILES string of the molecule is CS(=O)(=O)c1ccc(-c2nn(-c3cc(C4CC4)n[nH]3)c(O)c2CCC2CCOCC2)cc1. The third-order valence-electron chi connectivity index (χ3n) is 6.46. The second-order valence-corrected chi connectivity index (χ2v) is 10.9. The summed E-state index contributed by atoms with van der Waals surface area (Å²) in [5.41, 5.74) is 3.21. The molecule has 0 spiro atoms. The van der Waals surface area contributed by atoms with Crippen molar-refractivity contribution in [2.75, 3.05) is 19.5 Å². The summed E-state index contributed by atoms with van der Waals surface area (Å²) in [4.78, 5) is 0.260. The molecule has 0 unspecified atom stereocenters. The molecule has 1 aliphatic heterocycles. The maximum Gasteiger partial charge on any atom is 0.219 e. The van der Waals surface area contributed by atoms with E-state index in [9.17, 15) is 13.5 Å². The zero-order valence-corrected chi connectivity index (χ0v) is 18.9. The molecule has 0 radical (unpaired) electrons. The highest BCUT2D eigenvalue weighted by molar-refractivity contribution is 7.90. The van der Waals surface area contributed by atoms with Crippen LogP contribution in [0.1, 0.15) is 49.3 Å². The highest BCUT2D eigenvalue weighted by atomic mass is 32.2. The number of nitrogens with one attached hydrogen (secondary N) is 1. The zero-order valence-electron chi connectivity index (χ0n) is 18.1. The Morgan fingerprint density at radius 2 is 1.88 bits per heavy atom. The van der Waals surface area contributed by atoms with Gasteiger partial charge in [-0.2, -0.15) is 14.9 Å². The van der Waals surface area contributed by atoms with Crippen LogP contribution < -0.4 is 0 Å². The van der Waals surface area contributed by atoms with E-state index in [1.54, 1.807) is 24.3 Å². The average Bonchev–Trinajstić information content (AvgIpc) is 3.43. The van der Waals surface area contributed by atoms with Crippen molar-refractivity contribution in [3.63, 3.8) is 0 Å². The van der Waals surface area contributed by atoms with E-state index in [1.165, 1.54) is 10.9 Å². The van der Waals surface area contributed by atoms with Gasteiger partial charge in [0.15, 0.2) is 15.7 Å². The number of H-pyrrole nitrogens is 1. The Kier molecular flexibility index (Phi) is 5.54. The van der Waals surface area contributed by atoms with Gasteiger partial charge in [0.05, 0.1) is 16.3 Å². The summed E-state index contributed by atoms with van der Waals surface area (Å²) < 4.78 is 30.7. The quantitative estimate of drug-likeness (QED) is 0.562. The minimum Gasteiger partial charge on any atom is -0.493 e. The van der Waals surface area contributed by atoms with E-state index in [4.69, 9.17) is 9.84 Å². The highest BCUT2D eigenvalue weighted by Crippen LogP contribution is 2.40. The van der Waals surface area contributed by atoms with E-state index < -0.39 is 9.84 Å². The van der Waals surface area contributed by atoms with Gasteiger partial charge < -0.3 is 9.84 Å². The minimum absolute atomic E-state index is 0.102. The number of ether oxygens (including phenoxy) is 1. The number of hydrogen-bond donors (Lipinski definition) is 2. The lowest BCUT2D eigenvalue weighted by atomic mass is 9.92. The zero-order chi connectivity index (χ0) is 22.3. The van der Waals surface area contributed by atoms with Crippen molar-refractivity contribution in [2.45, 2.75) is 49.3 Å². The van der Waals surface area contributed by atoms with Crippen LogP contribution in [0.5, 0.6) is 5.88 Å². The standard InChI is InChI=1S/C23H28N4O4S/c1-32(29,30)18-7-5-17(6-8-18)22-19(9-2-15-10-12-31-13-11-15)23(28)27(26-22)21-14-20(24-25-21)16-3-4-16/h5-8,14-16,28H,2-4,9-13H2,1H3,(H,24,25). The molecule has 0 bridgehead atoms. The predicted octanol–water partition coefficient (Wildman–Crippen LogP) is 3.61. The van der Waals surface area contributed by atoms with Gasteiger partial charge in [0.25, 0.3) is 0 Å². The molecule has 3 heterocycles. The fraction of sp³-hybridized carbons (Fsp3) is 0.478. The minimum atomic E-state index is -3.28. The Hall–Kier alpha value is -2.65. The van der Waals surface area contributed by atoms with Crippen LogP contribution >= 0.6 is 0 Å². The summed E-state index contributed by atoms with van der Waals surface area (Å²) in [6.07, 6.45) is 7.15. The molecule has 8 nitrogen and oxygen atoms in total. The van der Waals surface area contributed by atoms with Gasteiger partial charge in [-0.25, -0.2) is 8.42 Å². The molecule has 2 aliphatic rings. The van der Waals surface area contributed by atoms with E-state index >= 15 is 0 Å². The summed E-state index contributed by atoms with van der Waals surface area (Å²) in [6, 6.07) is 8.63. The molecular weight excluding hydrogens is 428 g/mol. The normalized spacial score (nSPS) is 17.7. The number of hydrogen-bond acceptors (Lipinski definition) is 6. The van der Waals surface area contributed by atoms with E-state index in [-0.39, 0.29) is 10.8 Å². The smallest absolute Gasteiger partial charge is 0.219 e. The van der Waals surface area contributed by atoms with Crippen LogP contribution in [0, 0.1) is 5.92 Å². The number of aromatic hydroxyl groups is 1. The molecule has 1 aromatic carbocycles. The lowest BCUT2D eigenvalue weighted by molar-refractivity contribution is 0.0640. The van der Waals surface area contributed by atoms with Gasteiger partial charge in [-0.3, -0.25) is 5.10 Å². The molecule has 5 rings (SSSR count). The molecule has 2 fully saturated rings. The number of benzene rings is 1. The number of rotatable bonds is 7. The van der Waals surface area contributed by atoms with Crippen LogP contribution in [0.25, 0.3) is 17.1 Å². The molecule has 2 aromatic heterocycles. The molecule has 170 valence electrons. The third-order valence-corrected chi connectivity index (χ3v) is 7.59. The van der Waals surface area contributed by atoms with E-state index in [0.29, 0.717) is 29.8 Å². The van der Waals surface area contributed by atoms with E-state index in [2.05, 4.69) is 10.2 Å². The van der Waals surface area contributed by atoms with Crippen LogP contribution in [0.3, 0.4) is 0 Å². The van der Waals surface area contributed by atoms with Gasteiger partial charge in [-0.05, 0) is 56.6 Å². The second-order valence-electron chi connectivity index (χ2n) is 8.91. The van der Waals surface area contributed by atoms with Gasteiger partial charge in [-0.15, -0.1) is 0 Å². The molecule has 1 saturated carbocycles.